The van der Waals surface area contributed by atoms with E-state index in [1.54, 1.807) is 18.2 Å². The minimum Gasteiger partial charge on any atom is -0.494 e. The highest BCUT2D eigenvalue weighted by Gasteiger charge is 2.24. The highest BCUT2D eigenvalue weighted by molar-refractivity contribution is 5.87. The van der Waals surface area contributed by atoms with E-state index in [2.05, 4.69) is 11.8 Å². The molecule has 0 amide bonds. The molecule has 0 aliphatic carbocycles. The number of piperidine rings is 1. The summed E-state index contributed by atoms with van der Waals surface area (Å²) >= 11 is 0. The standard InChI is InChI=1S/C32H29F2N3O2/c1-21-12-14-37(15-13-21)30-18-29(39-20-22-6-4-3-5-7-22)31(23-10-11-28(38-2)27(34)16-23)32(36-30)24-8-9-25(19-35)26(33)17-24/h3-11,16-18,21H,12-15,20H2,1-2H3. The number of halogens is 2. The Morgan fingerprint density at radius 1 is 0.923 bits per heavy atom. The maximum Gasteiger partial charge on any atom is 0.165 e. The Labute approximate surface area is 227 Å². The topological polar surface area (TPSA) is 58.4 Å². The molecule has 0 atom stereocenters. The lowest BCUT2D eigenvalue weighted by Gasteiger charge is -2.32. The van der Waals surface area contributed by atoms with Gasteiger partial charge in [0.05, 0.1) is 23.9 Å². The van der Waals surface area contributed by atoms with Crippen molar-refractivity contribution in [3.05, 3.63) is 95.6 Å². The summed E-state index contributed by atoms with van der Waals surface area (Å²) in [5, 5.41) is 9.26. The third-order valence-corrected chi connectivity index (χ3v) is 7.12. The largest absolute Gasteiger partial charge is 0.494 e. The summed E-state index contributed by atoms with van der Waals surface area (Å²) in [5.41, 5.74) is 2.88. The lowest BCUT2D eigenvalue weighted by Crippen LogP contribution is -2.33. The molecule has 1 aliphatic rings. The summed E-state index contributed by atoms with van der Waals surface area (Å²) in [7, 11) is 1.41. The fourth-order valence-corrected chi connectivity index (χ4v) is 4.82. The second kappa shape index (κ2) is 11.5. The minimum absolute atomic E-state index is 0.0579. The van der Waals surface area contributed by atoms with Crippen molar-refractivity contribution >= 4 is 5.82 Å². The van der Waals surface area contributed by atoms with E-state index in [1.807, 2.05) is 42.5 Å². The average molecular weight is 526 g/mol. The van der Waals surface area contributed by atoms with Gasteiger partial charge in [-0.2, -0.15) is 5.26 Å². The van der Waals surface area contributed by atoms with Crippen molar-refractivity contribution in [1.82, 2.24) is 4.98 Å². The summed E-state index contributed by atoms with van der Waals surface area (Å²) < 4.78 is 41.3. The summed E-state index contributed by atoms with van der Waals surface area (Å²) in [6.45, 7) is 4.20. The van der Waals surface area contributed by atoms with Gasteiger partial charge in [-0.15, -0.1) is 0 Å². The van der Waals surface area contributed by atoms with Gasteiger partial charge in [0, 0.05) is 24.7 Å². The van der Waals surface area contributed by atoms with Crippen LogP contribution in [0.15, 0.2) is 72.8 Å². The first-order valence-corrected chi connectivity index (χ1v) is 13.0. The molecule has 5 nitrogen and oxygen atoms in total. The highest BCUT2D eigenvalue weighted by Crippen LogP contribution is 2.42. The second-order valence-corrected chi connectivity index (χ2v) is 9.80. The molecular weight excluding hydrogens is 496 g/mol. The zero-order valence-corrected chi connectivity index (χ0v) is 22.0. The van der Waals surface area contributed by atoms with Gasteiger partial charge in [-0.1, -0.05) is 49.4 Å². The Morgan fingerprint density at radius 2 is 1.64 bits per heavy atom. The van der Waals surface area contributed by atoms with Crippen LogP contribution in [0.2, 0.25) is 0 Å². The molecule has 0 spiro atoms. The van der Waals surface area contributed by atoms with Crippen molar-refractivity contribution in [3.8, 4) is 40.0 Å². The molecule has 198 valence electrons. The number of pyridine rings is 1. The lowest BCUT2D eigenvalue weighted by molar-refractivity contribution is 0.307. The van der Waals surface area contributed by atoms with E-state index in [1.165, 1.54) is 25.3 Å². The number of methoxy groups -OCH3 is 1. The quantitative estimate of drug-likeness (QED) is 0.252. The molecule has 39 heavy (non-hydrogen) atoms. The lowest BCUT2D eigenvalue weighted by atomic mass is 9.96. The molecule has 2 heterocycles. The SMILES string of the molecule is COc1ccc(-c2c(OCc3ccccc3)cc(N3CCC(C)CC3)nc2-c2ccc(C#N)c(F)c2)cc1F. The number of ether oxygens (including phenoxy) is 2. The molecule has 4 aromatic rings. The van der Waals surface area contributed by atoms with Crippen LogP contribution in [0.4, 0.5) is 14.6 Å². The zero-order chi connectivity index (χ0) is 27.4. The Kier molecular flexibility index (Phi) is 7.74. The van der Waals surface area contributed by atoms with E-state index < -0.39 is 11.6 Å². The molecule has 5 rings (SSSR count). The van der Waals surface area contributed by atoms with Crippen LogP contribution in [0.5, 0.6) is 11.5 Å². The van der Waals surface area contributed by atoms with E-state index in [9.17, 15) is 14.0 Å². The number of nitrogens with zero attached hydrogens (tertiary/aromatic N) is 3. The minimum atomic E-state index is -0.646. The van der Waals surface area contributed by atoms with E-state index in [4.69, 9.17) is 14.5 Å². The fraction of sp³-hybridized carbons (Fsp3) is 0.250. The summed E-state index contributed by atoms with van der Waals surface area (Å²) in [6, 6.07) is 22.6. The Bertz CT molecular complexity index is 1510. The van der Waals surface area contributed by atoms with Crippen LogP contribution >= 0.6 is 0 Å². The first kappa shape index (κ1) is 26.2. The zero-order valence-electron chi connectivity index (χ0n) is 22.0. The van der Waals surface area contributed by atoms with Crippen molar-refractivity contribution in [3.63, 3.8) is 0 Å². The molecular formula is C32H29F2N3O2. The number of nitriles is 1. The Balaban J connectivity index is 1.71. The third-order valence-electron chi connectivity index (χ3n) is 7.12. The number of anilines is 1. The first-order valence-electron chi connectivity index (χ1n) is 13.0. The van der Waals surface area contributed by atoms with Crippen LogP contribution in [0, 0.1) is 28.9 Å². The van der Waals surface area contributed by atoms with Crippen LogP contribution in [0.3, 0.4) is 0 Å². The molecule has 0 unspecified atom stereocenters. The number of hydrogen-bond acceptors (Lipinski definition) is 5. The van der Waals surface area contributed by atoms with E-state index >= 15 is 0 Å². The van der Waals surface area contributed by atoms with Gasteiger partial charge in [0.15, 0.2) is 11.6 Å². The molecule has 0 N–H and O–H groups in total. The summed E-state index contributed by atoms with van der Waals surface area (Å²) in [4.78, 5) is 7.20. The fourth-order valence-electron chi connectivity index (χ4n) is 4.82. The van der Waals surface area contributed by atoms with E-state index in [0.717, 1.165) is 31.5 Å². The number of hydrogen-bond donors (Lipinski definition) is 0. The normalized spacial score (nSPS) is 13.7. The molecule has 7 heteroatoms. The number of benzene rings is 3. The number of aromatic nitrogens is 1. The summed E-state index contributed by atoms with van der Waals surface area (Å²) in [6.07, 6.45) is 2.07. The molecule has 0 bridgehead atoms. The van der Waals surface area contributed by atoms with Gasteiger partial charge in [0.25, 0.3) is 0 Å². The molecule has 1 fully saturated rings. The van der Waals surface area contributed by atoms with Gasteiger partial charge in [-0.25, -0.2) is 13.8 Å². The van der Waals surface area contributed by atoms with Crippen molar-refractivity contribution in [2.24, 2.45) is 5.92 Å². The maximum atomic E-state index is 14.9. The van der Waals surface area contributed by atoms with Crippen LogP contribution in [-0.2, 0) is 6.61 Å². The molecule has 0 radical (unpaired) electrons. The summed E-state index contributed by atoms with van der Waals surface area (Å²) in [5.74, 6) is 0.782. The van der Waals surface area contributed by atoms with E-state index in [-0.39, 0.29) is 17.9 Å². The average Bonchev–Trinajstić information content (AvgIpc) is 2.96. The highest BCUT2D eigenvalue weighted by atomic mass is 19.1. The van der Waals surface area contributed by atoms with E-state index in [0.29, 0.717) is 39.9 Å². The molecule has 3 aromatic carbocycles. The van der Waals surface area contributed by atoms with Crippen LogP contribution in [-0.4, -0.2) is 25.2 Å². The van der Waals surface area contributed by atoms with Gasteiger partial charge in [0.2, 0.25) is 0 Å². The molecule has 1 aliphatic heterocycles. The van der Waals surface area contributed by atoms with Crippen LogP contribution in [0.25, 0.3) is 22.4 Å². The van der Waals surface area contributed by atoms with Crippen molar-refractivity contribution < 1.29 is 18.3 Å². The van der Waals surface area contributed by atoms with Crippen molar-refractivity contribution in [1.29, 1.82) is 5.26 Å². The van der Waals surface area contributed by atoms with Gasteiger partial charge in [-0.05, 0) is 54.2 Å². The molecule has 1 saturated heterocycles. The molecule has 0 saturated carbocycles. The molecule has 1 aromatic heterocycles. The maximum absolute atomic E-state index is 14.9. The van der Waals surface area contributed by atoms with Crippen molar-refractivity contribution in [2.75, 3.05) is 25.1 Å². The number of rotatable bonds is 7. The van der Waals surface area contributed by atoms with Gasteiger partial charge < -0.3 is 14.4 Å². The predicted octanol–water partition coefficient (Wildman–Crippen LogP) is 7.39. The van der Waals surface area contributed by atoms with Crippen LogP contribution in [0.1, 0.15) is 30.9 Å². The Hall–Kier alpha value is -4.44. The second-order valence-electron chi connectivity index (χ2n) is 9.80. The smallest absolute Gasteiger partial charge is 0.165 e. The first-order chi connectivity index (χ1) is 19.0. The van der Waals surface area contributed by atoms with Gasteiger partial charge in [0.1, 0.15) is 30.1 Å². The van der Waals surface area contributed by atoms with Crippen LogP contribution < -0.4 is 14.4 Å². The third kappa shape index (κ3) is 5.70. The predicted molar refractivity (Wildman–Crippen MR) is 148 cm³/mol. The van der Waals surface area contributed by atoms with Crippen molar-refractivity contribution in [2.45, 2.75) is 26.4 Å². The van der Waals surface area contributed by atoms with Gasteiger partial charge >= 0.3 is 0 Å². The Morgan fingerprint density at radius 3 is 2.31 bits per heavy atom. The monoisotopic (exact) mass is 525 g/mol. The van der Waals surface area contributed by atoms with Gasteiger partial charge in [-0.3, -0.25) is 0 Å².